The number of aliphatic hydroxyl groups excluding tert-OH is 1. The summed E-state index contributed by atoms with van der Waals surface area (Å²) in [5.41, 5.74) is 7.04. The van der Waals surface area contributed by atoms with Crippen LogP contribution in [-0.4, -0.2) is 46.4 Å². The van der Waals surface area contributed by atoms with E-state index in [1.165, 1.54) is 11.1 Å². The summed E-state index contributed by atoms with van der Waals surface area (Å²) in [5.74, 6) is 0.371. The Bertz CT molecular complexity index is 612. The van der Waals surface area contributed by atoms with Crippen LogP contribution in [0.4, 0.5) is 5.69 Å². The third-order valence-electron chi connectivity index (χ3n) is 3.09. The summed E-state index contributed by atoms with van der Waals surface area (Å²) in [6.07, 6.45) is 1.38. The van der Waals surface area contributed by atoms with E-state index in [1.54, 1.807) is 7.11 Å². The van der Waals surface area contributed by atoms with Gasteiger partial charge in [0.15, 0.2) is 0 Å². The number of nitrogens with one attached hydrogen (secondary N) is 1. The molecule has 0 aliphatic heterocycles. The molecule has 0 aliphatic carbocycles. The molecule has 0 unspecified atom stereocenters. The third-order valence-corrected chi connectivity index (χ3v) is 3.09. The minimum absolute atomic E-state index is 0.144. The van der Waals surface area contributed by atoms with Gasteiger partial charge in [-0.1, -0.05) is 18.2 Å². The summed E-state index contributed by atoms with van der Waals surface area (Å²) in [4.78, 5) is 13.9. The molecule has 7 nitrogen and oxygen atoms in total. The predicted octanol–water partition coefficient (Wildman–Crippen LogP) is 0.635. The lowest BCUT2D eigenvalue weighted by Crippen LogP contribution is -2.33. The SMILES string of the molecule is COc1ccccc1CN(CCO)C(=O)c1[nH]ncc1N. The van der Waals surface area contributed by atoms with Crippen LogP contribution in [-0.2, 0) is 6.54 Å². The maximum absolute atomic E-state index is 12.4. The zero-order valence-corrected chi connectivity index (χ0v) is 11.7. The summed E-state index contributed by atoms with van der Waals surface area (Å²) in [5, 5.41) is 15.5. The Kier molecular flexibility index (Phi) is 4.78. The molecule has 1 amide bonds. The maximum Gasteiger partial charge on any atom is 0.274 e. The van der Waals surface area contributed by atoms with Gasteiger partial charge >= 0.3 is 0 Å². The number of benzene rings is 1. The van der Waals surface area contributed by atoms with Crippen molar-refractivity contribution in [2.75, 3.05) is 26.0 Å². The second kappa shape index (κ2) is 6.76. The lowest BCUT2D eigenvalue weighted by atomic mass is 10.1. The second-order valence-corrected chi connectivity index (χ2v) is 4.46. The first-order chi connectivity index (χ1) is 10.2. The van der Waals surface area contributed by atoms with Crippen LogP contribution in [0.15, 0.2) is 30.5 Å². The largest absolute Gasteiger partial charge is 0.496 e. The lowest BCUT2D eigenvalue weighted by Gasteiger charge is -2.22. The van der Waals surface area contributed by atoms with Crippen molar-refractivity contribution in [2.45, 2.75) is 6.54 Å². The van der Waals surface area contributed by atoms with Gasteiger partial charge in [-0.3, -0.25) is 9.89 Å². The van der Waals surface area contributed by atoms with Crippen LogP contribution in [0.25, 0.3) is 0 Å². The minimum atomic E-state index is -0.315. The quantitative estimate of drug-likeness (QED) is 0.724. The van der Waals surface area contributed by atoms with Gasteiger partial charge in [0.25, 0.3) is 5.91 Å². The monoisotopic (exact) mass is 290 g/mol. The van der Waals surface area contributed by atoms with Gasteiger partial charge in [0.05, 0.1) is 25.6 Å². The summed E-state index contributed by atoms with van der Waals surface area (Å²) in [6.45, 7) is 0.353. The summed E-state index contributed by atoms with van der Waals surface area (Å²) in [7, 11) is 1.57. The predicted molar refractivity (Wildman–Crippen MR) is 77.8 cm³/mol. The number of aliphatic hydroxyl groups is 1. The van der Waals surface area contributed by atoms with Crippen LogP contribution in [0.5, 0.6) is 5.75 Å². The number of nitrogens with two attached hydrogens (primary N) is 1. The van der Waals surface area contributed by atoms with E-state index in [4.69, 9.17) is 10.5 Å². The van der Waals surface area contributed by atoms with Gasteiger partial charge in [-0.2, -0.15) is 5.10 Å². The van der Waals surface area contributed by atoms with E-state index < -0.39 is 0 Å². The number of para-hydroxylation sites is 1. The van der Waals surface area contributed by atoms with Gasteiger partial charge in [-0.15, -0.1) is 0 Å². The number of aromatic nitrogens is 2. The Hall–Kier alpha value is -2.54. The van der Waals surface area contributed by atoms with Crippen molar-refractivity contribution in [3.05, 3.63) is 41.7 Å². The Morgan fingerprint density at radius 3 is 2.86 bits per heavy atom. The molecule has 2 rings (SSSR count). The molecule has 1 heterocycles. The van der Waals surface area contributed by atoms with Crippen LogP contribution in [0.3, 0.4) is 0 Å². The van der Waals surface area contributed by atoms with E-state index in [0.717, 1.165) is 5.56 Å². The van der Waals surface area contributed by atoms with Gasteiger partial charge in [0, 0.05) is 18.7 Å². The zero-order chi connectivity index (χ0) is 15.2. The highest BCUT2D eigenvalue weighted by Crippen LogP contribution is 2.20. The van der Waals surface area contributed by atoms with Crippen molar-refractivity contribution in [3.63, 3.8) is 0 Å². The normalized spacial score (nSPS) is 10.4. The van der Waals surface area contributed by atoms with Crippen molar-refractivity contribution in [2.24, 2.45) is 0 Å². The average molecular weight is 290 g/mol. The van der Waals surface area contributed by atoms with Gasteiger partial charge < -0.3 is 20.5 Å². The molecule has 21 heavy (non-hydrogen) atoms. The number of nitrogens with zero attached hydrogens (tertiary/aromatic N) is 2. The van der Waals surface area contributed by atoms with E-state index in [0.29, 0.717) is 12.3 Å². The summed E-state index contributed by atoms with van der Waals surface area (Å²) < 4.78 is 5.27. The van der Waals surface area contributed by atoms with E-state index in [9.17, 15) is 9.90 Å². The fourth-order valence-electron chi connectivity index (χ4n) is 2.04. The van der Waals surface area contributed by atoms with Crippen molar-refractivity contribution < 1.29 is 14.6 Å². The molecule has 0 spiro atoms. The highest BCUT2D eigenvalue weighted by molar-refractivity contribution is 5.97. The molecule has 2 aromatic rings. The first-order valence-electron chi connectivity index (χ1n) is 6.48. The number of H-pyrrole nitrogens is 1. The van der Waals surface area contributed by atoms with Crippen molar-refractivity contribution in [1.29, 1.82) is 0 Å². The number of hydrogen-bond acceptors (Lipinski definition) is 5. The van der Waals surface area contributed by atoms with E-state index in [-0.39, 0.29) is 30.4 Å². The molecular formula is C14H18N4O3. The van der Waals surface area contributed by atoms with Crippen molar-refractivity contribution in [3.8, 4) is 5.75 Å². The number of nitrogen functional groups attached to an aromatic ring is 1. The standard InChI is InChI=1S/C14H18N4O3/c1-21-12-5-3-2-4-10(12)9-18(6-7-19)14(20)13-11(15)8-16-17-13/h2-5,8,19H,6-7,9,15H2,1H3,(H,16,17). The maximum atomic E-state index is 12.4. The molecule has 0 saturated carbocycles. The van der Waals surface area contributed by atoms with Crippen LogP contribution in [0.1, 0.15) is 16.1 Å². The number of rotatable bonds is 6. The first kappa shape index (κ1) is 14.9. The van der Waals surface area contributed by atoms with Gasteiger partial charge in [-0.25, -0.2) is 0 Å². The molecule has 4 N–H and O–H groups in total. The molecule has 0 fully saturated rings. The zero-order valence-electron chi connectivity index (χ0n) is 11.7. The number of anilines is 1. The topological polar surface area (TPSA) is 104 Å². The summed E-state index contributed by atoms with van der Waals surface area (Å²) >= 11 is 0. The molecular weight excluding hydrogens is 272 g/mol. The Morgan fingerprint density at radius 1 is 1.48 bits per heavy atom. The molecule has 1 aromatic carbocycles. The van der Waals surface area contributed by atoms with Gasteiger partial charge in [0.2, 0.25) is 0 Å². The number of carbonyl (C=O) groups excluding carboxylic acids is 1. The molecule has 0 radical (unpaired) electrons. The Morgan fingerprint density at radius 2 is 2.24 bits per heavy atom. The first-order valence-corrected chi connectivity index (χ1v) is 6.48. The molecule has 0 aliphatic rings. The molecule has 0 bridgehead atoms. The van der Waals surface area contributed by atoms with Crippen molar-refractivity contribution in [1.82, 2.24) is 15.1 Å². The van der Waals surface area contributed by atoms with Gasteiger partial charge in [0.1, 0.15) is 11.4 Å². The molecule has 7 heteroatoms. The fraction of sp³-hybridized carbons (Fsp3) is 0.286. The van der Waals surface area contributed by atoms with Crippen LogP contribution in [0.2, 0.25) is 0 Å². The van der Waals surface area contributed by atoms with Crippen molar-refractivity contribution >= 4 is 11.6 Å². The fourth-order valence-corrected chi connectivity index (χ4v) is 2.04. The Labute approximate surface area is 122 Å². The number of hydrogen-bond donors (Lipinski definition) is 3. The number of amides is 1. The average Bonchev–Trinajstić information content (AvgIpc) is 2.92. The number of ether oxygens (including phenoxy) is 1. The molecule has 0 atom stereocenters. The number of carbonyl (C=O) groups is 1. The van der Waals surface area contributed by atoms with E-state index >= 15 is 0 Å². The van der Waals surface area contributed by atoms with Gasteiger partial charge in [-0.05, 0) is 6.07 Å². The Balaban J connectivity index is 2.23. The summed E-state index contributed by atoms with van der Waals surface area (Å²) in [6, 6.07) is 7.41. The van der Waals surface area contributed by atoms with E-state index in [2.05, 4.69) is 10.2 Å². The van der Waals surface area contributed by atoms with Crippen LogP contribution < -0.4 is 10.5 Å². The minimum Gasteiger partial charge on any atom is -0.496 e. The smallest absolute Gasteiger partial charge is 0.274 e. The number of methoxy groups -OCH3 is 1. The van der Waals surface area contributed by atoms with Crippen LogP contribution >= 0.6 is 0 Å². The second-order valence-electron chi connectivity index (χ2n) is 4.46. The molecule has 1 aromatic heterocycles. The highest BCUT2D eigenvalue weighted by atomic mass is 16.5. The molecule has 112 valence electrons. The van der Waals surface area contributed by atoms with Crippen LogP contribution in [0, 0.1) is 0 Å². The third kappa shape index (κ3) is 3.32. The van der Waals surface area contributed by atoms with E-state index in [1.807, 2.05) is 24.3 Å². The highest BCUT2D eigenvalue weighted by Gasteiger charge is 2.20. The lowest BCUT2D eigenvalue weighted by molar-refractivity contribution is 0.0701. The molecule has 0 saturated heterocycles. The number of aromatic amines is 1.